The zero-order valence-electron chi connectivity index (χ0n) is 10.0. The molecule has 0 amide bonds. The van der Waals surface area contributed by atoms with Gasteiger partial charge in [0.05, 0.1) is 11.3 Å². The molecule has 2 aromatic rings. The number of phenolic OH excluding ortho intramolecular Hbond substituents is 1. The molecule has 0 aliphatic heterocycles. The number of pyridine rings is 1. The summed E-state index contributed by atoms with van der Waals surface area (Å²) in [6.07, 6.45) is 4.03. The van der Waals surface area contributed by atoms with Gasteiger partial charge in [-0.25, -0.2) is 0 Å². The number of Topliss-reactive ketones (excluding diaryl/α,β-unsaturated/α-hetero) is 1. The van der Waals surface area contributed by atoms with Gasteiger partial charge in [0.1, 0.15) is 5.75 Å². The summed E-state index contributed by atoms with van der Waals surface area (Å²) in [6, 6.07) is 10.7. The zero-order chi connectivity index (χ0) is 12.5. The van der Waals surface area contributed by atoms with Crippen molar-refractivity contribution in [1.29, 1.82) is 0 Å². The van der Waals surface area contributed by atoms with Gasteiger partial charge in [-0.3, -0.25) is 9.78 Å². The summed E-state index contributed by atoms with van der Waals surface area (Å²) in [5.74, 6) is -0.0457. The molecule has 0 spiro atoms. The fraction of sp³-hybridized carbons (Fsp3) is 0.0667. The lowest BCUT2D eigenvalue weighted by Gasteiger charge is -1.98. The SMILES string of the molecule is Cl.O=C1/C(=C/c2ccccn2)Cc2cccc(O)c21. The van der Waals surface area contributed by atoms with E-state index in [0.717, 1.165) is 11.3 Å². The number of carbonyl (C=O) groups excluding carboxylic acids is 1. The Bertz CT molecular complexity index is 650. The number of hydrogen-bond donors (Lipinski definition) is 1. The van der Waals surface area contributed by atoms with Gasteiger partial charge in [-0.15, -0.1) is 12.4 Å². The van der Waals surface area contributed by atoms with Gasteiger partial charge in [0, 0.05) is 18.2 Å². The van der Waals surface area contributed by atoms with E-state index in [1.54, 1.807) is 24.4 Å². The third kappa shape index (κ3) is 2.37. The molecule has 96 valence electrons. The standard InChI is InChI=1S/C15H11NO2.ClH/c17-13-6-3-4-10-8-11(15(18)14(10)13)9-12-5-1-2-7-16-12;/h1-7,9,17H,8H2;1H/b11-9+;. The number of benzene rings is 1. The molecule has 1 aromatic carbocycles. The van der Waals surface area contributed by atoms with Crippen molar-refractivity contribution in [1.82, 2.24) is 4.98 Å². The Balaban J connectivity index is 0.00000133. The Hall–Kier alpha value is -2.13. The smallest absolute Gasteiger partial charge is 0.193 e. The van der Waals surface area contributed by atoms with Crippen molar-refractivity contribution in [3.8, 4) is 5.75 Å². The Morgan fingerprint density at radius 3 is 2.68 bits per heavy atom. The van der Waals surface area contributed by atoms with Crippen molar-refractivity contribution >= 4 is 24.3 Å². The average Bonchev–Trinajstić information content (AvgIpc) is 2.69. The first-order valence-electron chi connectivity index (χ1n) is 5.73. The number of rotatable bonds is 1. The molecule has 19 heavy (non-hydrogen) atoms. The van der Waals surface area contributed by atoms with E-state index in [1.165, 1.54) is 0 Å². The molecule has 3 rings (SSSR count). The van der Waals surface area contributed by atoms with Gasteiger partial charge in [-0.05, 0) is 29.8 Å². The van der Waals surface area contributed by atoms with Crippen molar-refractivity contribution in [2.24, 2.45) is 0 Å². The second kappa shape index (κ2) is 5.24. The van der Waals surface area contributed by atoms with Gasteiger partial charge < -0.3 is 5.11 Å². The summed E-state index contributed by atoms with van der Waals surface area (Å²) in [6.45, 7) is 0. The minimum absolute atomic E-state index is 0. The molecule has 0 unspecified atom stereocenters. The highest BCUT2D eigenvalue weighted by Gasteiger charge is 2.27. The van der Waals surface area contributed by atoms with E-state index in [-0.39, 0.29) is 23.9 Å². The van der Waals surface area contributed by atoms with Crippen molar-refractivity contribution in [2.45, 2.75) is 6.42 Å². The lowest BCUT2D eigenvalue weighted by Crippen LogP contribution is -1.96. The van der Waals surface area contributed by atoms with Crippen LogP contribution in [0, 0.1) is 0 Å². The largest absolute Gasteiger partial charge is 0.507 e. The van der Waals surface area contributed by atoms with E-state index in [0.29, 0.717) is 17.6 Å². The van der Waals surface area contributed by atoms with E-state index in [2.05, 4.69) is 4.98 Å². The van der Waals surface area contributed by atoms with Crippen LogP contribution in [-0.4, -0.2) is 15.9 Å². The van der Waals surface area contributed by atoms with Gasteiger partial charge in [0.25, 0.3) is 0 Å². The molecule has 1 aliphatic rings. The molecule has 0 radical (unpaired) electrons. The van der Waals surface area contributed by atoms with Crippen LogP contribution in [0.2, 0.25) is 0 Å². The van der Waals surface area contributed by atoms with Gasteiger partial charge in [-0.2, -0.15) is 0 Å². The molecular formula is C15H12ClNO2. The summed E-state index contributed by atoms with van der Waals surface area (Å²) >= 11 is 0. The number of aromatic hydroxyl groups is 1. The Kier molecular flexibility index (Phi) is 3.67. The molecule has 0 bridgehead atoms. The van der Waals surface area contributed by atoms with Crippen LogP contribution in [0.25, 0.3) is 6.08 Å². The van der Waals surface area contributed by atoms with E-state index in [4.69, 9.17) is 0 Å². The Morgan fingerprint density at radius 1 is 1.16 bits per heavy atom. The van der Waals surface area contributed by atoms with E-state index < -0.39 is 0 Å². The molecule has 1 N–H and O–H groups in total. The fourth-order valence-corrected chi connectivity index (χ4v) is 2.20. The number of ketones is 1. The van der Waals surface area contributed by atoms with Crippen LogP contribution < -0.4 is 0 Å². The van der Waals surface area contributed by atoms with Gasteiger partial charge in [0.2, 0.25) is 0 Å². The summed E-state index contributed by atoms with van der Waals surface area (Å²) in [4.78, 5) is 16.3. The second-order valence-electron chi connectivity index (χ2n) is 4.24. The molecule has 1 aliphatic carbocycles. The van der Waals surface area contributed by atoms with Crippen LogP contribution in [0.5, 0.6) is 5.75 Å². The minimum Gasteiger partial charge on any atom is -0.507 e. The first kappa shape index (κ1) is 13.3. The summed E-state index contributed by atoms with van der Waals surface area (Å²) in [7, 11) is 0. The number of nitrogens with zero attached hydrogens (tertiary/aromatic N) is 1. The number of hydrogen-bond acceptors (Lipinski definition) is 3. The Morgan fingerprint density at radius 2 is 2.00 bits per heavy atom. The number of allylic oxidation sites excluding steroid dienone is 1. The fourth-order valence-electron chi connectivity index (χ4n) is 2.20. The van der Waals surface area contributed by atoms with E-state index >= 15 is 0 Å². The third-order valence-corrected chi connectivity index (χ3v) is 3.04. The normalized spacial score (nSPS) is 15.2. The molecule has 0 atom stereocenters. The number of fused-ring (bicyclic) bond motifs is 1. The predicted octanol–water partition coefficient (Wildman–Crippen LogP) is 3.03. The first-order valence-corrected chi connectivity index (χ1v) is 5.73. The molecule has 0 saturated heterocycles. The zero-order valence-corrected chi connectivity index (χ0v) is 10.9. The topological polar surface area (TPSA) is 50.2 Å². The molecule has 3 nitrogen and oxygen atoms in total. The summed E-state index contributed by atoms with van der Waals surface area (Å²) in [5.41, 5.74) is 2.74. The maximum atomic E-state index is 12.2. The van der Waals surface area contributed by atoms with Crippen LogP contribution in [-0.2, 0) is 6.42 Å². The molecule has 0 fully saturated rings. The highest BCUT2D eigenvalue weighted by molar-refractivity contribution is 6.16. The maximum absolute atomic E-state index is 12.2. The van der Waals surface area contributed by atoms with Crippen LogP contribution in [0.1, 0.15) is 21.6 Å². The lowest BCUT2D eigenvalue weighted by molar-refractivity contribution is 0.103. The van der Waals surface area contributed by atoms with Crippen LogP contribution >= 0.6 is 12.4 Å². The van der Waals surface area contributed by atoms with Crippen LogP contribution in [0.15, 0.2) is 48.2 Å². The van der Waals surface area contributed by atoms with Crippen LogP contribution in [0.3, 0.4) is 0 Å². The molecular weight excluding hydrogens is 262 g/mol. The average molecular weight is 274 g/mol. The van der Waals surface area contributed by atoms with Gasteiger partial charge >= 0.3 is 0 Å². The van der Waals surface area contributed by atoms with E-state index in [9.17, 15) is 9.90 Å². The summed E-state index contributed by atoms with van der Waals surface area (Å²) < 4.78 is 0. The summed E-state index contributed by atoms with van der Waals surface area (Å²) in [5, 5.41) is 9.72. The number of aromatic nitrogens is 1. The number of phenols is 1. The maximum Gasteiger partial charge on any atom is 0.193 e. The Labute approximate surface area is 117 Å². The van der Waals surface area contributed by atoms with Crippen molar-refractivity contribution in [3.05, 3.63) is 65.0 Å². The molecule has 4 heteroatoms. The van der Waals surface area contributed by atoms with Gasteiger partial charge in [0.15, 0.2) is 5.78 Å². The highest BCUT2D eigenvalue weighted by atomic mass is 35.5. The monoisotopic (exact) mass is 273 g/mol. The van der Waals surface area contributed by atoms with Crippen molar-refractivity contribution in [3.63, 3.8) is 0 Å². The number of carbonyl (C=O) groups is 1. The number of halogens is 1. The molecule has 0 saturated carbocycles. The minimum atomic E-state index is -0.103. The van der Waals surface area contributed by atoms with E-state index in [1.807, 2.05) is 24.3 Å². The second-order valence-corrected chi connectivity index (χ2v) is 4.24. The van der Waals surface area contributed by atoms with Crippen molar-refractivity contribution < 1.29 is 9.90 Å². The molecule has 1 heterocycles. The third-order valence-electron chi connectivity index (χ3n) is 3.04. The van der Waals surface area contributed by atoms with Gasteiger partial charge in [-0.1, -0.05) is 18.2 Å². The lowest BCUT2D eigenvalue weighted by atomic mass is 10.1. The van der Waals surface area contributed by atoms with Crippen LogP contribution in [0.4, 0.5) is 0 Å². The first-order chi connectivity index (χ1) is 8.75. The quantitative estimate of drug-likeness (QED) is 0.813. The molecule has 1 aromatic heterocycles. The predicted molar refractivity (Wildman–Crippen MR) is 75.6 cm³/mol. The highest BCUT2D eigenvalue weighted by Crippen LogP contribution is 2.33. The van der Waals surface area contributed by atoms with Crippen molar-refractivity contribution in [2.75, 3.05) is 0 Å².